The fraction of sp³-hybridized carbons (Fsp3) is 0. The third kappa shape index (κ3) is 2.06. The van der Waals surface area contributed by atoms with Gasteiger partial charge in [0, 0.05) is 4.88 Å². The van der Waals surface area contributed by atoms with E-state index in [2.05, 4.69) is 5.43 Å². The lowest BCUT2D eigenvalue weighted by molar-refractivity contribution is 0.0957. The number of carbonyl (C=O) groups is 1. The van der Waals surface area contributed by atoms with Crippen molar-refractivity contribution in [2.75, 3.05) is 0 Å². The molecule has 3 N–H and O–H groups in total. The van der Waals surface area contributed by atoms with Crippen LogP contribution in [0.4, 0.5) is 0 Å². The summed E-state index contributed by atoms with van der Waals surface area (Å²) >= 11 is 1.43. The average molecular weight is 218 g/mol. The van der Waals surface area contributed by atoms with E-state index in [9.17, 15) is 4.79 Å². The predicted octanol–water partition coefficient (Wildman–Crippen LogP) is 2.02. The van der Waals surface area contributed by atoms with Gasteiger partial charge in [-0.1, -0.05) is 30.3 Å². The Kier molecular flexibility index (Phi) is 2.80. The van der Waals surface area contributed by atoms with Gasteiger partial charge in [-0.3, -0.25) is 10.2 Å². The summed E-state index contributed by atoms with van der Waals surface area (Å²) in [5.41, 5.74) is 3.23. The number of hydrazine groups is 1. The van der Waals surface area contributed by atoms with E-state index in [1.807, 2.05) is 36.4 Å². The van der Waals surface area contributed by atoms with Crippen molar-refractivity contribution in [3.05, 3.63) is 47.3 Å². The van der Waals surface area contributed by atoms with Gasteiger partial charge < -0.3 is 0 Å². The Hall–Kier alpha value is -1.65. The molecule has 2 aromatic rings. The Morgan fingerprint density at radius 3 is 2.53 bits per heavy atom. The first-order chi connectivity index (χ1) is 7.31. The summed E-state index contributed by atoms with van der Waals surface area (Å²) in [7, 11) is 0. The monoisotopic (exact) mass is 218 g/mol. The zero-order valence-corrected chi connectivity index (χ0v) is 8.75. The van der Waals surface area contributed by atoms with Crippen molar-refractivity contribution in [1.82, 2.24) is 5.43 Å². The molecule has 4 heteroatoms. The van der Waals surface area contributed by atoms with E-state index in [4.69, 9.17) is 5.84 Å². The van der Waals surface area contributed by atoms with E-state index in [1.54, 1.807) is 6.07 Å². The Morgan fingerprint density at radius 2 is 1.87 bits per heavy atom. The molecule has 0 fully saturated rings. The molecular weight excluding hydrogens is 208 g/mol. The molecule has 0 aliphatic rings. The summed E-state index contributed by atoms with van der Waals surface area (Å²) in [4.78, 5) is 12.9. The van der Waals surface area contributed by atoms with Crippen LogP contribution in [-0.2, 0) is 0 Å². The summed E-state index contributed by atoms with van der Waals surface area (Å²) < 4.78 is 0. The molecule has 2 rings (SSSR count). The first kappa shape index (κ1) is 9.89. The number of hydrogen-bond acceptors (Lipinski definition) is 3. The van der Waals surface area contributed by atoms with Gasteiger partial charge in [-0.15, -0.1) is 11.3 Å². The molecular formula is C11H10N2OS. The first-order valence-electron chi connectivity index (χ1n) is 4.47. The molecule has 3 nitrogen and oxygen atoms in total. The van der Waals surface area contributed by atoms with E-state index in [1.165, 1.54) is 11.3 Å². The lowest BCUT2D eigenvalue weighted by Crippen LogP contribution is -2.29. The number of rotatable bonds is 2. The van der Waals surface area contributed by atoms with Crippen molar-refractivity contribution in [3.63, 3.8) is 0 Å². The number of nitrogen functional groups attached to an aromatic ring is 1. The minimum absolute atomic E-state index is 0.248. The van der Waals surface area contributed by atoms with Crippen LogP contribution < -0.4 is 11.3 Å². The summed E-state index contributed by atoms with van der Waals surface area (Å²) in [5.74, 6) is 4.81. The van der Waals surface area contributed by atoms with Crippen molar-refractivity contribution in [2.24, 2.45) is 5.84 Å². The SMILES string of the molecule is NNC(=O)c1ccc(-c2ccccc2)s1. The van der Waals surface area contributed by atoms with Crippen molar-refractivity contribution >= 4 is 17.2 Å². The predicted molar refractivity (Wildman–Crippen MR) is 61.4 cm³/mol. The van der Waals surface area contributed by atoms with Crippen LogP contribution >= 0.6 is 11.3 Å². The smallest absolute Gasteiger partial charge is 0.275 e. The van der Waals surface area contributed by atoms with Gasteiger partial charge in [0.15, 0.2) is 0 Å². The standard InChI is InChI=1S/C11H10N2OS/c12-13-11(14)10-7-6-9(15-10)8-4-2-1-3-5-8/h1-7H,12H2,(H,13,14). The van der Waals surface area contributed by atoms with Gasteiger partial charge in [0.1, 0.15) is 0 Å². The van der Waals surface area contributed by atoms with Gasteiger partial charge in [0.05, 0.1) is 4.88 Å². The quantitative estimate of drug-likeness (QED) is 0.460. The van der Waals surface area contributed by atoms with Gasteiger partial charge in [-0.2, -0.15) is 0 Å². The number of hydrogen-bond donors (Lipinski definition) is 2. The maximum atomic E-state index is 11.2. The molecule has 0 radical (unpaired) electrons. The van der Waals surface area contributed by atoms with Crippen molar-refractivity contribution < 1.29 is 4.79 Å². The summed E-state index contributed by atoms with van der Waals surface area (Å²) in [6.07, 6.45) is 0. The second-order valence-electron chi connectivity index (χ2n) is 3.00. The summed E-state index contributed by atoms with van der Waals surface area (Å²) in [6.45, 7) is 0. The molecule has 0 spiro atoms. The van der Waals surface area contributed by atoms with Crippen molar-refractivity contribution in [3.8, 4) is 10.4 Å². The van der Waals surface area contributed by atoms with Gasteiger partial charge in [-0.05, 0) is 17.7 Å². The Balaban J connectivity index is 2.32. The molecule has 0 saturated carbocycles. The number of nitrogens with one attached hydrogen (secondary N) is 1. The Morgan fingerprint density at radius 1 is 1.13 bits per heavy atom. The summed E-state index contributed by atoms with van der Waals surface area (Å²) in [5, 5.41) is 0. The fourth-order valence-electron chi connectivity index (χ4n) is 1.29. The number of benzene rings is 1. The molecule has 0 aliphatic carbocycles. The Labute approximate surface area is 91.5 Å². The molecule has 1 heterocycles. The second-order valence-corrected chi connectivity index (χ2v) is 4.09. The molecule has 1 aromatic carbocycles. The molecule has 1 aromatic heterocycles. The van der Waals surface area contributed by atoms with Gasteiger partial charge >= 0.3 is 0 Å². The van der Waals surface area contributed by atoms with Crippen LogP contribution in [0.3, 0.4) is 0 Å². The number of amides is 1. The highest BCUT2D eigenvalue weighted by atomic mass is 32.1. The van der Waals surface area contributed by atoms with Crippen molar-refractivity contribution in [2.45, 2.75) is 0 Å². The third-order valence-electron chi connectivity index (χ3n) is 2.02. The fourth-order valence-corrected chi connectivity index (χ4v) is 2.20. The van der Waals surface area contributed by atoms with Crippen LogP contribution in [0.1, 0.15) is 9.67 Å². The third-order valence-corrected chi connectivity index (χ3v) is 3.15. The minimum Gasteiger partial charge on any atom is -0.289 e. The molecule has 1 amide bonds. The van der Waals surface area contributed by atoms with Gasteiger partial charge in [0.25, 0.3) is 5.91 Å². The highest BCUT2D eigenvalue weighted by Gasteiger charge is 2.07. The molecule has 15 heavy (non-hydrogen) atoms. The molecule has 0 atom stereocenters. The van der Waals surface area contributed by atoms with Crippen LogP contribution in [0, 0.1) is 0 Å². The highest BCUT2D eigenvalue weighted by molar-refractivity contribution is 7.17. The van der Waals surface area contributed by atoms with Crippen LogP contribution in [0.15, 0.2) is 42.5 Å². The van der Waals surface area contributed by atoms with Crippen LogP contribution in [-0.4, -0.2) is 5.91 Å². The molecule has 0 saturated heterocycles. The van der Waals surface area contributed by atoms with Crippen LogP contribution in [0.5, 0.6) is 0 Å². The highest BCUT2D eigenvalue weighted by Crippen LogP contribution is 2.27. The van der Waals surface area contributed by atoms with E-state index in [-0.39, 0.29) is 5.91 Å². The molecule has 0 aliphatic heterocycles. The van der Waals surface area contributed by atoms with Gasteiger partial charge in [-0.25, -0.2) is 5.84 Å². The van der Waals surface area contributed by atoms with E-state index in [0.29, 0.717) is 4.88 Å². The number of carbonyl (C=O) groups excluding carboxylic acids is 1. The van der Waals surface area contributed by atoms with E-state index >= 15 is 0 Å². The largest absolute Gasteiger partial charge is 0.289 e. The van der Waals surface area contributed by atoms with E-state index in [0.717, 1.165) is 10.4 Å². The summed E-state index contributed by atoms with van der Waals surface area (Å²) in [6, 6.07) is 13.6. The van der Waals surface area contributed by atoms with Crippen molar-refractivity contribution in [1.29, 1.82) is 0 Å². The Bertz CT molecular complexity index is 464. The maximum absolute atomic E-state index is 11.2. The number of nitrogens with two attached hydrogens (primary N) is 1. The minimum atomic E-state index is -0.248. The number of thiophene rings is 1. The molecule has 0 unspecified atom stereocenters. The lowest BCUT2D eigenvalue weighted by atomic mass is 10.2. The molecule has 76 valence electrons. The first-order valence-corrected chi connectivity index (χ1v) is 5.29. The van der Waals surface area contributed by atoms with Crippen LogP contribution in [0.25, 0.3) is 10.4 Å². The average Bonchev–Trinajstić information content (AvgIpc) is 2.78. The zero-order chi connectivity index (χ0) is 10.7. The van der Waals surface area contributed by atoms with E-state index < -0.39 is 0 Å². The zero-order valence-electron chi connectivity index (χ0n) is 7.94. The maximum Gasteiger partial charge on any atom is 0.275 e. The normalized spacial score (nSPS) is 9.93. The lowest BCUT2D eigenvalue weighted by Gasteiger charge is -1.95. The van der Waals surface area contributed by atoms with Crippen LogP contribution in [0.2, 0.25) is 0 Å². The second kappa shape index (κ2) is 4.25. The molecule has 0 bridgehead atoms. The topological polar surface area (TPSA) is 55.1 Å². The van der Waals surface area contributed by atoms with Gasteiger partial charge in [0.2, 0.25) is 0 Å².